The molecule has 0 spiro atoms. The Morgan fingerprint density at radius 3 is 2.62 bits per heavy atom. The van der Waals surface area contributed by atoms with Crippen LogP contribution in [0.15, 0.2) is 0 Å². The molecule has 0 aromatic rings. The van der Waals surface area contributed by atoms with E-state index in [4.69, 9.17) is 0 Å². The molecule has 0 amide bonds. The predicted octanol–water partition coefficient (Wildman–Crippen LogP) is 2.50. The third kappa shape index (κ3) is 3.21. The molecule has 0 aromatic carbocycles. The third-order valence-corrected chi connectivity index (χ3v) is 4.77. The van der Waals surface area contributed by atoms with Crippen LogP contribution in [0.25, 0.3) is 0 Å². The Morgan fingerprint density at radius 2 is 2.06 bits per heavy atom. The lowest BCUT2D eigenvalue weighted by Crippen LogP contribution is -2.39. The summed E-state index contributed by atoms with van der Waals surface area (Å²) in [7, 11) is 2.32. The maximum absolute atomic E-state index is 3.53. The van der Waals surface area contributed by atoms with Gasteiger partial charge in [0.1, 0.15) is 0 Å². The van der Waals surface area contributed by atoms with Gasteiger partial charge in [0.15, 0.2) is 0 Å². The molecule has 16 heavy (non-hydrogen) atoms. The fourth-order valence-electron chi connectivity index (χ4n) is 3.02. The first kappa shape index (κ1) is 12.4. The number of piperidine rings is 1. The minimum absolute atomic E-state index is 0.898. The highest BCUT2D eigenvalue weighted by atomic mass is 15.1. The Balaban J connectivity index is 1.63. The Kier molecular flexibility index (Phi) is 4.66. The van der Waals surface area contributed by atoms with Crippen LogP contribution in [0.1, 0.15) is 45.4 Å². The maximum atomic E-state index is 3.53. The Bertz CT molecular complexity index is 195. The van der Waals surface area contributed by atoms with Crippen LogP contribution >= 0.6 is 0 Å². The molecule has 2 heteroatoms. The van der Waals surface area contributed by atoms with E-state index in [2.05, 4.69) is 24.2 Å². The minimum atomic E-state index is 0.898. The molecule has 1 saturated heterocycles. The summed E-state index contributed by atoms with van der Waals surface area (Å²) in [4.78, 5) is 2.59. The SMILES string of the molecule is CC(CCN(C)C1CCC1)C1CCCNC1. The van der Waals surface area contributed by atoms with Gasteiger partial charge in [0, 0.05) is 6.04 Å². The number of hydrogen-bond donors (Lipinski definition) is 1. The van der Waals surface area contributed by atoms with Gasteiger partial charge in [-0.2, -0.15) is 0 Å². The summed E-state index contributed by atoms with van der Waals surface area (Å²) < 4.78 is 0. The second-order valence-electron chi connectivity index (χ2n) is 5.94. The molecule has 1 saturated carbocycles. The quantitative estimate of drug-likeness (QED) is 0.772. The van der Waals surface area contributed by atoms with Crippen LogP contribution < -0.4 is 5.32 Å². The van der Waals surface area contributed by atoms with Crippen LogP contribution in [-0.4, -0.2) is 37.6 Å². The average molecular weight is 224 g/mol. The molecule has 2 unspecified atom stereocenters. The van der Waals surface area contributed by atoms with E-state index in [0.717, 1.165) is 17.9 Å². The zero-order valence-corrected chi connectivity index (χ0v) is 11.0. The molecule has 2 nitrogen and oxygen atoms in total. The van der Waals surface area contributed by atoms with Crippen molar-refractivity contribution in [2.75, 3.05) is 26.7 Å². The van der Waals surface area contributed by atoms with E-state index in [0.29, 0.717) is 0 Å². The van der Waals surface area contributed by atoms with Crippen molar-refractivity contribution in [3.63, 3.8) is 0 Å². The third-order valence-electron chi connectivity index (χ3n) is 4.77. The first-order valence-electron chi connectivity index (χ1n) is 7.18. The Labute approximate surface area is 101 Å². The maximum Gasteiger partial charge on any atom is 0.00922 e. The highest BCUT2D eigenvalue weighted by Crippen LogP contribution is 2.26. The van der Waals surface area contributed by atoms with Crippen LogP contribution in [0.3, 0.4) is 0 Å². The molecule has 2 aliphatic rings. The lowest BCUT2D eigenvalue weighted by atomic mass is 9.85. The van der Waals surface area contributed by atoms with Gasteiger partial charge in [-0.15, -0.1) is 0 Å². The molecular formula is C14H28N2. The molecule has 1 heterocycles. The number of hydrogen-bond acceptors (Lipinski definition) is 2. The van der Waals surface area contributed by atoms with Crippen molar-refractivity contribution in [3.8, 4) is 0 Å². The summed E-state index contributed by atoms with van der Waals surface area (Å²) in [6.07, 6.45) is 8.55. The summed E-state index contributed by atoms with van der Waals surface area (Å²) >= 11 is 0. The number of rotatable bonds is 5. The summed E-state index contributed by atoms with van der Waals surface area (Å²) in [6.45, 7) is 6.26. The largest absolute Gasteiger partial charge is 0.316 e. The van der Waals surface area contributed by atoms with Crippen LogP contribution in [0.2, 0.25) is 0 Å². The zero-order chi connectivity index (χ0) is 11.4. The van der Waals surface area contributed by atoms with Crippen LogP contribution in [0, 0.1) is 11.8 Å². The van der Waals surface area contributed by atoms with E-state index in [-0.39, 0.29) is 0 Å². The monoisotopic (exact) mass is 224 g/mol. The molecule has 2 fully saturated rings. The topological polar surface area (TPSA) is 15.3 Å². The van der Waals surface area contributed by atoms with Crippen molar-refractivity contribution in [3.05, 3.63) is 0 Å². The molecule has 0 aromatic heterocycles. The number of nitrogens with one attached hydrogen (secondary N) is 1. The smallest absolute Gasteiger partial charge is 0.00922 e. The molecule has 2 atom stereocenters. The van der Waals surface area contributed by atoms with Crippen molar-refractivity contribution in [1.29, 1.82) is 0 Å². The molecular weight excluding hydrogens is 196 g/mol. The molecule has 0 bridgehead atoms. The fraction of sp³-hybridized carbons (Fsp3) is 1.00. The first-order valence-corrected chi connectivity index (χ1v) is 7.18. The van der Waals surface area contributed by atoms with Gasteiger partial charge < -0.3 is 10.2 Å². The Hall–Kier alpha value is -0.0800. The van der Waals surface area contributed by atoms with Crippen molar-refractivity contribution in [1.82, 2.24) is 10.2 Å². The van der Waals surface area contributed by atoms with Crippen LogP contribution in [0.5, 0.6) is 0 Å². The zero-order valence-electron chi connectivity index (χ0n) is 11.0. The molecule has 1 N–H and O–H groups in total. The van der Waals surface area contributed by atoms with E-state index in [1.807, 2.05) is 0 Å². The predicted molar refractivity (Wildman–Crippen MR) is 69.6 cm³/mol. The van der Waals surface area contributed by atoms with Crippen LogP contribution in [0.4, 0.5) is 0 Å². The summed E-state index contributed by atoms with van der Waals surface area (Å²) in [5, 5.41) is 3.53. The molecule has 94 valence electrons. The molecule has 1 aliphatic carbocycles. The van der Waals surface area contributed by atoms with Gasteiger partial charge in [-0.1, -0.05) is 13.3 Å². The molecule has 1 aliphatic heterocycles. The van der Waals surface area contributed by atoms with Gasteiger partial charge in [0.2, 0.25) is 0 Å². The Morgan fingerprint density at radius 1 is 1.25 bits per heavy atom. The van der Waals surface area contributed by atoms with E-state index in [9.17, 15) is 0 Å². The normalized spacial score (nSPS) is 29.1. The highest BCUT2D eigenvalue weighted by Gasteiger charge is 2.24. The van der Waals surface area contributed by atoms with Gasteiger partial charge in [-0.05, 0) is 70.6 Å². The lowest BCUT2D eigenvalue weighted by molar-refractivity contribution is 0.141. The standard InChI is InChI=1S/C14H28N2/c1-12(13-5-4-9-15-11-13)8-10-16(2)14-6-3-7-14/h12-15H,3-11H2,1-2H3. The highest BCUT2D eigenvalue weighted by molar-refractivity contribution is 4.79. The van der Waals surface area contributed by atoms with Crippen molar-refractivity contribution >= 4 is 0 Å². The summed E-state index contributed by atoms with van der Waals surface area (Å²) in [6, 6.07) is 0.914. The van der Waals surface area contributed by atoms with E-state index in [1.54, 1.807) is 0 Å². The van der Waals surface area contributed by atoms with Gasteiger partial charge in [0.25, 0.3) is 0 Å². The van der Waals surface area contributed by atoms with Crippen molar-refractivity contribution in [2.45, 2.75) is 51.5 Å². The second kappa shape index (κ2) is 6.02. The van der Waals surface area contributed by atoms with Gasteiger partial charge >= 0.3 is 0 Å². The molecule has 2 rings (SSSR count). The number of nitrogens with zero attached hydrogens (tertiary/aromatic N) is 1. The fourth-order valence-corrected chi connectivity index (χ4v) is 3.02. The minimum Gasteiger partial charge on any atom is -0.316 e. The average Bonchev–Trinajstić information content (AvgIpc) is 2.25. The van der Waals surface area contributed by atoms with E-state index in [1.165, 1.54) is 58.2 Å². The van der Waals surface area contributed by atoms with Crippen molar-refractivity contribution < 1.29 is 0 Å². The summed E-state index contributed by atoms with van der Waals surface area (Å²) in [5.74, 6) is 1.83. The van der Waals surface area contributed by atoms with Gasteiger partial charge in [-0.25, -0.2) is 0 Å². The van der Waals surface area contributed by atoms with Gasteiger partial charge in [-0.3, -0.25) is 0 Å². The van der Waals surface area contributed by atoms with Crippen LogP contribution in [-0.2, 0) is 0 Å². The van der Waals surface area contributed by atoms with Crippen molar-refractivity contribution in [2.24, 2.45) is 11.8 Å². The summed E-state index contributed by atoms with van der Waals surface area (Å²) in [5.41, 5.74) is 0. The first-order chi connectivity index (χ1) is 7.77. The van der Waals surface area contributed by atoms with E-state index >= 15 is 0 Å². The van der Waals surface area contributed by atoms with Gasteiger partial charge in [0.05, 0.1) is 0 Å². The second-order valence-corrected chi connectivity index (χ2v) is 5.94. The lowest BCUT2D eigenvalue weighted by Gasteiger charge is -2.36. The molecule has 0 radical (unpaired) electrons. The van der Waals surface area contributed by atoms with E-state index < -0.39 is 0 Å².